The van der Waals surface area contributed by atoms with Gasteiger partial charge in [0.2, 0.25) is 0 Å². The fourth-order valence-corrected chi connectivity index (χ4v) is 1.24. The third-order valence-corrected chi connectivity index (χ3v) is 1.81. The summed E-state index contributed by atoms with van der Waals surface area (Å²) in [5, 5.41) is 0.604. The summed E-state index contributed by atoms with van der Waals surface area (Å²) in [6.07, 6.45) is 0. The molecule has 71 valence electrons. The van der Waals surface area contributed by atoms with E-state index in [1.807, 2.05) is 19.1 Å². The van der Waals surface area contributed by atoms with Crippen LogP contribution >= 0.6 is 11.6 Å². The zero-order valence-electron chi connectivity index (χ0n) is 7.71. The summed E-state index contributed by atoms with van der Waals surface area (Å²) in [4.78, 5) is 0. The molecule has 1 aromatic carbocycles. The highest BCUT2D eigenvalue weighted by Crippen LogP contribution is 2.25. The molecule has 0 fully saturated rings. The van der Waals surface area contributed by atoms with Crippen molar-refractivity contribution in [1.29, 1.82) is 0 Å². The van der Waals surface area contributed by atoms with Gasteiger partial charge in [0.15, 0.2) is 0 Å². The van der Waals surface area contributed by atoms with Crippen LogP contribution in [0.15, 0.2) is 18.2 Å². The molecule has 0 aliphatic heterocycles. The summed E-state index contributed by atoms with van der Waals surface area (Å²) in [5.41, 5.74) is 0.927. The predicted octanol–water partition coefficient (Wildman–Crippen LogP) is 2.89. The van der Waals surface area contributed by atoms with Crippen molar-refractivity contribution in [3.8, 4) is 5.75 Å². The molecular weight excluding hydrogens is 188 g/mol. The Morgan fingerprint density at radius 2 is 2.23 bits per heavy atom. The van der Waals surface area contributed by atoms with Crippen molar-refractivity contribution in [2.24, 2.45) is 0 Å². The molecule has 0 heterocycles. The number of halogens is 1. The molecule has 2 nitrogen and oxygen atoms in total. The van der Waals surface area contributed by atoms with E-state index in [1.165, 1.54) is 0 Å². The van der Waals surface area contributed by atoms with E-state index in [9.17, 15) is 0 Å². The number of ether oxygens (including phenoxy) is 2. The Kier molecular flexibility index (Phi) is 4.06. The van der Waals surface area contributed by atoms with Gasteiger partial charge in [0.25, 0.3) is 0 Å². The van der Waals surface area contributed by atoms with Crippen LogP contribution in [0.5, 0.6) is 5.75 Å². The maximum atomic E-state index is 5.94. The van der Waals surface area contributed by atoms with E-state index in [-0.39, 0.29) is 0 Å². The molecule has 0 saturated carbocycles. The summed E-state index contributed by atoms with van der Waals surface area (Å²) in [6.45, 7) is 4.17. The van der Waals surface area contributed by atoms with Crippen molar-refractivity contribution >= 4 is 11.6 Å². The Hall–Kier alpha value is -0.730. The molecule has 1 rings (SSSR count). The lowest BCUT2D eigenvalue weighted by Crippen LogP contribution is -1.93. The number of hydrogen-bond donors (Lipinski definition) is 0. The quantitative estimate of drug-likeness (QED) is 0.743. The van der Waals surface area contributed by atoms with Crippen LogP contribution in [0.4, 0.5) is 0 Å². The zero-order chi connectivity index (χ0) is 9.68. The molecule has 13 heavy (non-hydrogen) atoms. The molecule has 0 aromatic heterocycles. The summed E-state index contributed by atoms with van der Waals surface area (Å²) < 4.78 is 10.1. The van der Waals surface area contributed by atoms with Gasteiger partial charge in [-0.1, -0.05) is 17.7 Å². The molecule has 1 aromatic rings. The van der Waals surface area contributed by atoms with Crippen LogP contribution in [0, 0.1) is 6.61 Å². The summed E-state index contributed by atoms with van der Waals surface area (Å²) in [7, 11) is 1.60. The summed E-state index contributed by atoms with van der Waals surface area (Å²) in [6, 6.07) is 5.52. The monoisotopic (exact) mass is 199 g/mol. The fourth-order valence-electron chi connectivity index (χ4n) is 0.999. The topological polar surface area (TPSA) is 18.5 Å². The summed E-state index contributed by atoms with van der Waals surface area (Å²) in [5.74, 6) is 0.706. The van der Waals surface area contributed by atoms with Crippen LogP contribution in [-0.4, -0.2) is 13.7 Å². The Balaban J connectivity index is 2.79. The first kappa shape index (κ1) is 10.4. The summed E-state index contributed by atoms with van der Waals surface area (Å²) >= 11 is 5.94. The van der Waals surface area contributed by atoms with Gasteiger partial charge in [-0.2, -0.15) is 0 Å². The minimum absolute atomic E-state index is 0.604. The molecule has 1 radical (unpaired) electrons. The van der Waals surface area contributed by atoms with E-state index in [0.717, 1.165) is 5.56 Å². The zero-order valence-corrected chi connectivity index (χ0v) is 8.47. The molecule has 0 aliphatic carbocycles. The third kappa shape index (κ3) is 2.90. The van der Waals surface area contributed by atoms with Crippen LogP contribution < -0.4 is 4.74 Å². The minimum atomic E-state index is 0.604. The first-order valence-electron chi connectivity index (χ1n) is 4.06. The maximum Gasteiger partial charge on any atom is 0.137 e. The van der Waals surface area contributed by atoms with Gasteiger partial charge in [-0.25, -0.2) is 0 Å². The van der Waals surface area contributed by atoms with Gasteiger partial charge in [0.05, 0.1) is 11.6 Å². The lowest BCUT2D eigenvalue weighted by molar-refractivity contribution is 0.292. The molecule has 0 unspecified atom stereocenters. The van der Waals surface area contributed by atoms with Crippen molar-refractivity contribution in [2.75, 3.05) is 13.7 Å². The van der Waals surface area contributed by atoms with Crippen LogP contribution in [0.25, 0.3) is 0 Å². The molecule has 0 saturated heterocycles. The van der Waals surface area contributed by atoms with E-state index >= 15 is 0 Å². The molecule has 3 heteroatoms. The van der Waals surface area contributed by atoms with Crippen molar-refractivity contribution < 1.29 is 9.47 Å². The molecule has 0 aliphatic rings. The Bertz CT molecular complexity index is 274. The third-order valence-electron chi connectivity index (χ3n) is 1.51. The van der Waals surface area contributed by atoms with Gasteiger partial charge in [0.1, 0.15) is 12.4 Å². The highest BCUT2D eigenvalue weighted by molar-refractivity contribution is 6.32. The van der Waals surface area contributed by atoms with Gasteiger partial charge in [-0.15, -0.1) is 0 Å². The average Bonchev–Trinajstić information content (AvgIpc) is 2.10. The van der Waals surface area contributed by atoms with Gasteiger partial charge < -0.3 is 9.47 Å². The number of hydrogen-bond acceptors (Lipinski definition) is 2. The van der Waals surface area contributed by atoms with E-state index in [2.05, 4.69) is 0 Å². The van der Waals surface area contributed by atoms with Gasteiger partial charge in [0, 0.05) is 7.11 Å². The molecule has 0 N–H and O–H groups in total. The van der Waals surface area contributed by atoms with Crippen molar-refractivity contribution in [1.82, 2.24) is 0 Å². The first-order chi connectivity index (χ1) is 6.27. The maximum absolute atomic E-state index is 5.94. The Morgan fingerprint density at radius 3 is 2.77 bits per heavy atom. The lowest BCUT2D eigenvalue weighted by atomic mass is 10.2. The van der Waals surface area contributed by atoms with E-state index in [0.29, 0.717) is 17.4 Å². The SMILES string of the molecule is CCOc1ccc([CH]OC)cc1Cl. The van der Waals surface area contributed by atoms with Crippen LogP contribution in [-0.2, 0) is 4.74 Å². The molecule has 0 atom stereocenters. The smallest absolute Gasteiger partial charge is 0.137 e. The standard InChI is InChI=1S/C10H12ClO2/c1-3-13-10-5-4-8(7-12-2)6-9(10)11/h4-7H,3H2,1-2H3. The minimum Gasteiger partial charge on any atom is -0.492 e. The molecular formula is C10H12ClO2. The Morgan fingerprint density at radius 1 is 1.46 bits per heavy atom. The van der Waals surface area contributed by atoms with E-state index in [4.69, 9.17) is 21.1 Å². The highest BCUT2D eigenvalue weighted by Gasteiger charge is 2.01. The Labute approximate surface area is 83.4 Å². The van der Waals surface area contributed by atoms with Crippen LogP contribution in [0.1, 0.15) is 12.5 Å². The predicted molar refractivity (Wildman–Crippen MR) is 53.0 cm³/mol. The average molecular weight is 200 g/mol. The van der Waals surface area contributed by atoms with Crippen molar-refractivity contribution in [2.45, 2.75) is 6.92 Å². The lowest BCUT2D eigenvalue weighted by Gasteiger charge is -2.06. The normalized spacial score (nSPS) is 10.1. The van der Waals surface area contributed by atoms with Gasteiger partial charge in [-0.05, 0) is 24.6 Å². The molecule has 0 amide bonds. The van der Waals surface area contributed by atoms with Crippen LogP contribution in [0.3, 0.4) is 0 Å². The van der Waals surface area contributed by atoms with Crippen molar-refractivity contribution in [3.63, 3.8) is 0 Å². The van der Waals surface area contributed by atoms with E-state index < -0.39 is 0 Å². The second kappa shape index (κ2) is 5.10. The fraction of sp³-hybridized carbons (Fsp3) is 0.300. The van der Waals surface area contributed by atoms with Gasteiger partial charge >= 0.3 is 0 Å². The van der Waals surface area contributed by atoms with Gasteiger partial charge in [-0.3, -0.25) is 0 Å². The number of benzene rings is 1. The largest absolute Gasteiger partial charge is 0.492 e. The second-order valence-electron chi connectivity index (χ2n) is 2.48. The highest BCUT2D eigenvalue weighted by atomic mass is 35.5. The van der Waals surface area contributed by atoms with Crippen LogP contribution in [0.2, 0.25) is 5.02 Å². The van der Waals surface area contributed by atoms with Crippen molar-refractivity contribution in [3.05, 3.63) is 35.4 Å². The second-order valence-corrected chi connectivity index (χ2v) is 2.88. The first-order valence-corrected chi connectivity index (χ1v) is 4.44. The molecule has 0 spiro atoms. The number of methoxy groups -OCH3 is 1. The van der Waals surface area contributed by atoms with E-state index in [1.54, 1.807) is 19.8 Å². The molecule has 0 bridgehead atoms. The number of rotatable bonds is 4.